The fourth-order valence-corrected chi connectivity index (χ4v) is 2.14. The summed E-state index contributed by atoms with van der Waals surface area (Å²) in [5.74, 6) is 0. The normalized spacial score (nSPS) is 10.2. The number of anilines is 2. The molecule has 0 unspecified atom stereocenters. The molecule has 0 radical (unpaired) electrons. The fraction of sp³-hybridized carbons (Fsp3) is 0. The van der Waals surface area contributed by atoms with Crippen molar-refractivity contribution in [2.24, 2.45) is 0 Å². The second kappa shape index (κ2) is 6.32. The molecule has 0 saturated heterocycles. The molecule has 0 spiro atoms. The zero-order chi connectivity index (χ0) is 15.4. The average Bonchev–Trinajstić information content (AvgIpc) is 2.57. The van der Waals surface area contributed by atoms with Gasteiger partial charge in [0.15, 0.2) is 5.15 Å². The lowest BCUT2D eigenvalue weighted by molar-refractivity contribution is 0.809. The fourth-order valence-electron chi connectivity index (χ4n) is 1.96. The summed E-state index contributed by atoms with van der Waals surface area (Å²) in [7, 11) is 0. The van der Waals surface area contributed by atoms with Crippen molar-refractivity contribution >= 4 is 23.0 Å². The number of halogens is 1. The maximum Gasteiger partial charge on any atom is 0.296 e. The van der Waals surface area contributed by atoms with Gasteiger partial charge in [0, 0.05) is 6.07 Å². The molecular weight excluding hydrogens is 300 g/mol. The second-order valence-corrected chi connectivity index (χ2v) is 4.94. The summed E-state index contributed by atoms with van der Waals surface area (Å²) in [5.41, 5.74) is 7.34. The van der Waals surface area contributed by atoms with Crippen LogP contribution in [0.1, 0.15) is 0 Å². The highest BCUT2D eigenvalue weighted by molar-refractivity contribution is 6.29. The summed E-state index contributed by atoms with van der Waals surface area (Å²) in [6.07, 6.45) is 0. The van der Waals surface area contributed by atoms with Crippen LogP contribution in [0.15, 0.2) is 71.5 Å². The minimum atomic E-state index is -0.293. The van der Waals surface area contributed by atoms with Gasteiger partial charge in [0.05, 0.1) is 11.4 Å². The first kappa shape index (κ1) is 14.2. The van der Waals surface area contributed by atoms with Gasteiger partial charge in [-0.2, -0.15) is 9.78 Å². The Morgan fingerprint density at radius 1 is 0.909 bits per heavy atom. The predicted molar refractivity (Wildman–Crippen MR) is 88.5 cm³/mol. The highest BCUT2D eigenvalue weighted by Gasteiger charge is 2.08. The molecule has 1 aromatic heterocycles. The summed E-state index contributed by atoms with van der Waals surface area (Å²) < 4.78 is 1.26. The first-order chi connectivity index (χ1) is 10.7. The van der Waals surface area contributed by atoms with Crippen LogP contribution in [0, 0.1) is 0 Å². The van der Waals surface area contributed by atoms with E-state index in [-0.39, 0.29) is 10.7 Å². The Labute approximate surface area is 132 Å². The third-order valence-corrected chi connectivity index (χ3v) is 3.18. The van der Waals surface area contributed by atoms with Crippen LogP contribution in [0.2, 0.25) is 5.15 Å². The largest absolute Gasteiger partial charge is 0.301 e. The Morgan fingerprint density at radius 2 is 1.55 bits per heavy atom. The topological polar surface area (TPSA) is 59.0 Å². The number of hydrogen-bond acceptors (Lipinski definition) is 4. The number of aromatic nitrogens is 2. The Hall–Kier alpha value is -2.79. The molecule has 0 aliphatic heterocycles. The van der Waals surface area contributed by atoms with E-state index in [2.05, 4.69) is 16.0 Å². The van der Waals surface area contributed by atoms with Gasteiger partial charge >= 0.3 is 0 Å². The van der Waals surface area contributed by atoms with E-state index in [4.69, 9.17) is 11.6 Å². The van der Waals surface area contributed by atoms with Crippen LogP contribution >= 0.6 is 11.6 Å². The molecule has 22 heavy (non-hydrogen) atoms. The minimum absolute atomic E-state index is 0.223. The molecule has 2 N–H and O–H groups in total. The van der Waals surface area contributed by atoms with Gasteiger partial charge in [-0.05, 0) is 24.3 Å². The molecule has 0 aliphatic carbocycles. The van der Waals surface area contributed by atoms with Gasteiger partial charge < -0.3 is 5.43 Å². The molecule has 2 aromatic carbocycles. The van der Waals surface area contributed by atoms with Crippen LogP contribution in [0.4, 0.5) is 11.4 Å². The smallest absolute Gasteiger partial charge is 0.296 e. The molecule has 0 bridgehead atoms. The van der Waals surface area contributed by atoms with Crippen molar-refractivity contribution < 1.29 is 0 Å². The Bertz CT molecular complexity index is 819. The molecule has 0 amide bonds. The summed E-state index contributed by atoms with van der Waals surface area (Å²) in [4.78, 5) is 12.5. The molecule has 0 atom stereocenters. The van der Waals surface area contributed by atoms with E-state index in [0.717, 1.165) is 5.69 Å². The number of nitrogens with one attached hydrogen (secondary N) is 2. The van der Waals surface area contributed by atoms with Crippen molar-refractivity contribution in [3.63, 3.8) is 0 Å². The molecule has 0 fully saturated rings. The van der Waals surface area contributed by atoms with Crippen LogP contribution in [0.5, 0.6) is 0 Å². The van der Waals surface area contributed by atoms with E-state index >= 15 is 0 Å². The van der Waals surface area contributed by atoms with Crippen molar-refractivity contribution in [1.82, 2.24) is 9.78 Å². The molecule has 6 heteroatoms. The first-order valence-corrected chi connectivity index (χ1v) is 7.04. The lowest BCUT2D eigenvalue weighted by atomic mass is 10.3. The summed E-state index contributed by atoms with van der Waals surface area (Å²) >= 11 is 6.02. The van der Waals surface area contributed by atoms with Gasteiger partial charge in [0.25, 0.3) is 5.56 Å². The van der Waals surface area contributed by atoms with Crippen LogP contribution in [0.3, 0.4) is 0 Å². The van der Waals surface area contributed by atoms with Gasteiger partial charge in [0.1, 0.15) is 5.69 Å². The molecule has 1 heterocycles. The van der Waals surface area contributed by atoms with Crippen molar-refractivity contribution in [1.29, 1.82) is 0 Å². The highest BCUT2D eigenvalue weighted by atomic mass is 35.5. The van der Waals surface area contributed by atoms with Crippen LogP contribution < -0.4 is 16.4 Å². The van der Waals surface area contributed by atoms with Gasteiger partial charge in [-0.3, -0.25) is 10.2 Å². The minimum Gasteiger partial charge on any atom is -0.301 e. The van der Waals surface area contributed by atoms with Gasteiger partial charge in [-0.1, -0.05) is 48.0 Å². The lowest BCUT2D eigenvalue weighted by Gasteiger charge is -2.11. The average molecular weight is 313 g/mol. The zero-order valence-corrected chi connectivity index (χ0v) is 12.3. The third kappa shape index (κ3) is 3.10. The van der Waals surface area contributed by atoms with Crippen LogP contribution in [-0.4, -0.2) is 9.78 Å². The van der Waals surface area contributed by atoms with Gasteiger partial charge in [-0.25, -0.2) is 0 Å². The molecule has 0 saturated carbocycles. The maximum absolute atomic E-state index is 12.5. The first-order valence-electron chi connectivity index (χ1n) is 6.66. The van der Waals surface area contributed by atoms with E-state index < -0.39 is 0 Å². The van der Waals surface area contributed by atoms with Crippen molar-refractivity contribution in [2.45, 2.75) is 0 Å². The molecule has 5 nitrogen and oxygen atoms in total. The molecular formula is C16H13ClN4O. The SMILES string of the molecule is O=c1c(NNc2ccccc2)cc(Cl)nn1-c1ccccc1. The Morgan fingerprint density at radius 3 is 2.23 bits per heavy atom. The number of nitrogens with zero attached hydrogens (tertiary/aromatic N) is 2. The number of hydrogen-bond donors (Lipinski definition) is 2. The number of rotatable bonds is 4. The quantitative estimate of drug-likeness (QED) is 0.726. The molecule has 0 aliphatic rings. The van der Waals surface area contributed by atoms with E-state index in [1.165, 1.54) is 10.7 Å². The van der Waals surface area contributed by atoms with Gasteiger partial charge in [-0.15, -0.1) is 0 Å². The summed E-state index contributed by atoms with van der Waals surface area (Å²) in [6, 6.07) is 20.1. The highest BCUT2D eigenvalue weighted by Crippen LogP contribution is 2.12. The zero-order valence-electron chi connectivity index (χ0n) is 11.5. The lowest BCUT2D eigenvalue weighted by Crippen LogP contribution is -2.26. The molecule has 3 rings (SSSR count). The standard InChI is InChI=1S/C16H13ClN4O/c17-15-11-14(19-18-12-7-3-1-4-8-12)16(22)21(20-15)13-9-5-2-6-10-13/h1-11,18-19H. The van der Waals surface area contributed by atoms with E-state index in [9.17, 15) is 4.79 Å². The van der Waals surface area contributed by atoms with Crippen molar-refractivity contribution in [3.05, 3.63) is 82.2 Å². The van der Waals surface area contributed by atoms with Crippen LogP contribution in [0.25, 0.3) is 5.69 Å². The number of benzene rings is 2. The second-order valence-electron chi connectivity index (χ2n) is 4.55. The van der Waals surface area contributed by atoms with Crippen molar-refractivity contribution in [2.75, 3.05) is 10.9 Å². The summed E-state index contributed by atoms with van der Waals surface area (Å²) in [5, 5.41) is 4.28. The maximum atomic E-state index is 12.5. The molecule has 3 aromatic rings. The molecule has 110 valence electrons. The number of para-hydroxylation sites is 2. The van der Waals surface area contributed by atoms with Gasteiger partial charge in [0.2, 0.25) is 0 Å². The Kier molecular flexibility index (Phi) is 4.07. The van der Waals surface area contributed by atoms with E-state index in [1.54, 1.807) is 12.1 Å². The monoisotopic (exact) mass is 312 g/mol. The Balaban J connectivity index is 1.92. The summed E-state index contributed by atoms with van der Waals surface area (Å²) in [6.45, 7) is 0. The van der Waals surface area contributed by atoms with E-state index in [0.29, 0.717) is 11.4 Å². The van der Waals surface area contributed by atoms with Crippen LogP contribution in [-0.2, 0) is 0 Å². The van der Waals surface area contributed by atoms with Crippen molar-refractivity contribution in [3.8, 4) is 5.69 Å². The predicted octanol–water partition coefficient (Wildman–Crippen LogP) is 3.32. The third-order valence-electron chi connectivity index (χ3n) is 3.00. The number of hydrazine groups is 1. The van der Waals surface area contributed by atoms with E-state index in [1.807, 2.05) is 48.5 Å².